The highest BCUT2D eigenvalue weighted by molar-refractivity contribution is 5.95. The van der Waals surface area contributed by atoms with E-state index in [1.54, 1.807) is 24.3 Å². The Kier molecular flexibility index (Phi) is 12.4. The molecule has 2 heterocycles. The van der Waals surface area contributed by atoms with Crippen LogP contribution in [0.3, 0.4) is 0 Å². The zero-order valence-corrected chi connectivity index (χ0v) is 22.0. The van der Waals surface area contributed by atoms with Gasteiger partial charge in [-0.15, -0.1) is 0 Å². The number of amides is 1. The summed E-state index contributed by atoms with van der Waals surface area (Å²) in [5.74, 6) is -2.59. The Labute approximate surface area is 239 Å². The summed E-state index contributed by atoms with van der Waals surface area (Å²) in [7, 11) is 0. The van der Waals surface area contributed by atoms with Gasteiger partial charge < -0.3 is 26.4 Å². The van der Waals surface area contributed by atoms with Crippen molar-refractivity contribution < 1.29 is 51.3 Å². The van der Waals surface area contributed by atoms with Gasteiger partial charge in [0.15, 0.2) is 11.4 Å². The molecule has 4 rings (SSSR count). The molecule has 0 unspecified atom stereocenters. The SMILES string of the molecule is NCCO.O=C(NCCO)c1cnn(-c2ccccc2)c1C(F)(F)F.O=C(O)c1cnn(-c2ccccc2)c1C(F)(F)F. The third-order valence-corrected chi connectivity index (χ3v) is 5.08. The number of nitrogens with zero attached hydrogens (tertiary/aromatic N) is 4. The van der Waals surface area contributed by atoms with E-state index < -0.39 is 46.7 Å². The summed E-state index contributed by atoms with van der Waals surface area (Å²) in [6.45, 7) is -0.0213. The number of para-hydroxylation sites is 2. The summed E-state index contributed by atoms with van der Waals surface area (Å²) in [6.07, 6.45) is -7.97. The number of aliphatic hydroxyl groups excluding tert-OH is 2. The van der Waals surface area contributed by atoms with Crippen molar-refractivity contribution >= 4 is 11.9 Å². The first kappa shape index (κ1) is 34.5. The lowest BCUT2D eigenvalue weighted by atomic mass is 10.2. The van der Waals surface area contributed by atoms with Crippen LogP contribution in [0, 0.1) is 0 Å². The number of aromatic nitrogens is 4. The Morgan fingerprint density at radius 2 is 1.14 bits per heavy atom. The van der Waals surface area contributed by atoms with E-state index >= 15 is 0 Å². The second-order valence-electron chi connectivity index (χ2n) is 8.10. The van der Waals surface area contributed by atoms with Crippen LogP contribution in [0.5, 0.6) is 0 Å². The molecule has 1 amide bonds. The van der Waals surface area contributed by atoms with Crippen molar-refractivity contribution in [2.45, 2.75) is 12.4 Å². The van der Waals surface area contributed by atoms with Gasteiger partial charge in [0.05, 0.1) is 42.5 Å². The van der Waals surface area contributed by atoms with Gasteiger partial charge in [0.2, 0.25) is 0 Å². The van der Waals surface area contributed by atoms with Crippen LogP contribution in [0.2, 0.25) is 0 Å². The maximum absolute atomic E-state index is 13.2. The highest BCUT2D eigenvalue weighted by Crippen LogP contribution is 2.34. The fourth-order valence-electron chi connectivity index (χ4n) is 3.36. The zero-order chi connectivity index (χ0) is 32.2. The molecule has 232 valence electrons. The molecule has 0 radical (unpaired) electrons. The highest BCUT2D eigenvalue weighted by Gasteiger charge is 2.41. The predicted molar refractivity (Wildman–Crippen MR) is 140 cm³/mol. The number of nitrogens with one attached hydrogen (secondary N) is 1. The maximum Gasteiger partial charge on any atom is 0.434 e. The summed E-state index contributed by atoms with van der Waals surface area (Å²) in [4.78, 5) is 22.5. The Morgan fingerprint density at radius 1 is 0.744 bits per heavy atom. The van der Waals surface area contributed by atoms with Gasteiger partial charge in [0, 0.05) is 13.1 Å². The van der Waals surface area contributed by atoms with E-state index in [-0.39, 0.29) is 31.1 Å². The number of carbonyl (C=O) groups excluding carboxylic acids is 1. The minimum absolute atomic E-state index is 0.0972. The van der Waals surface area contributed by atoms with E-state index in [1.165, 1.54) is 36.4 Å². The van der Waals surface area contributed by atoms with Crippen LogP contribution >= 0.6 is 0 Å². The number of aliphatic hydroxyl groups is 2. The maximum atomic E-state index is 13.2. The van der Waals surface area contributed by atoms with Crippen molar-refractivity contribution in [1.29, 1.82) is 0 Å². The topological polar surface area (TPSA) is 169 Å². The second kappa shape index (κ2) is 15.5. The molecule has 0 fully saturated rings. The molecular weight excluding hydrogens is 590 g/mol. The number of benzene rings is 2. The number of aromatic carboxylic acids is 1. The van der Waals surface area contributed by atoms with E-state index in [4.69, 9.17) is 21.1 Å². The molecule has 0 aliphatic heterocycles. The predicted octanol–water partition coefficient (Wildman–Crippen LogP) is 3.14. The molecule has 0 aliphatic carbocycles. The third kappa shape index (κ3) is 9.38. The monoisotopic (exact) mass is 616 g/mol. The molecule has 0 saturated heterocycles. The Balaban J connectivity index is 0.000000269. The second-order valence-corrected chi connectivity index (χ2v) is 8.10. The van der Waals surface area contributed by atoms with Gasteiger partial charge in [-0.2, -0.15) is 36.5 Å². The van der Waals surface area contributed by atoms with Gasteiger partial charge in [-0.25, -0.2) is 14.2 Å². The molecule has 4 aromatic rings. The molecule has 6 N–H and O–H groups in total. The normalized spacial score (nSPS) is 11.1. The lowest BCUT2D eigenvalue weighted by molar-refractivity contribution is -0.144. The molecule has 0 spiro atoms. The average Bonchev–Trinajstić information content (AvgIpc) is 3.64. The number of carboxylic acids is 1. The van der Waals surface area contributed by atoms with Crippen LogP contribution in [-0.2, 0) is 12.4 Å². The molecule has 0 bridgehead atoms. The number of carbonyl (C=O) groups is 2. The summed E-state index contributed by atoms with van der Waals surface area (Å²) >= 11 is 0. The molecule has 17 heteroatoms. The van der Waals surface area contributed by atoms with Crippen LogP contribution in [0.15, 0.2) is 73.1 Å². The van der Waals surface area contributed by atoms with Gasteiger partial charge in [-0.05, 0) is 24.3 Å². The smallest absolute Gasteiger partial charge is 0.434 e. The third-order valence-electron chi connectivity index (χ3n) is 5.08. The Hall–Kier alpha value is -4.74. The van der Waals surface area contributed by atoms with Crippen molar-refractivity contribution in [1.82, 2.24) is 24.9 Å². The lowest BCUT2D eigenvalue weighted by Gasteiger charge is -2.12. The summed E-state index contributed by atoms with van der Waals surface area (Å²) in [5.41, 5.74) is 1.24. The minimum atomic E-state index is -4.79. The molecular formula is C26H26F6N6O5. The van der Waals surface area contributed by atoms with Crippen molar-refractivity contribution in [3.05, 3.63) is 95.6 Å². The van der Waals surface area contributed by atoms with Gasteiger partial charge in [-0.3, -0.25) is 4.79 Å². The van der Waals surface area contributed by atoms with Crippen LogP contribution < -0.4 is 11.1 Å². The van der Waals surface area contributed by atoms with Crippen LogP contribution in [0.4, 0.5) is 26.3 Å². The van der Waals surface area contributed by atoms with Crippen molar-refractivity contribution in [2.24, 2.45) is 5.73 Å². The quantitative estimate of drug-likeness (QED) is 0.197. The first-order chi connectivity index (χ1) is 20.3. The first-order valence-electron chi connectivity index (χ1n) is 12.1. The molecule has 11 nitrogen and oxygen atoms in total. The number of halogens is 6. The average molecular weight is 617 g/mol. The first-order valence-corrected chi connectivity index (χ1v) is 12.1. The number of hydrogen-bond acceptors (Lipinski definition) is 7. The van der Waals surface area contributed by atoms with Gasteiger partial charge in [0.1, 0.15) is 5.56 Å². The van der Waals surface area contributed by atoms with E-state index in [0.29, 0.717) is 22.1 Å². The number of carboxylic acid groups (broad SMARTS) is 1. The van der Waals surface area contributed by atoms with Crippen LogP contribution in [-0.4, -0.2) is 73.1 Å². The van der Waals surface area contributed by atoms with Crippen molar-refractivity contribution in [3.63, 3.8) is 0 Å². The molecule has 2 aromatic carbocycles. The lowest BCUT2D eigenvalue weighted by Crippen LogP contribution is -2.28. The zero-order valence-electron chi connectivity index (χ0n) is 22.0. The van der Waals surface area contributed by atoms with Gasteiger partial charge in [0.25, 0.3) is 5.91 Å². The molecule has 2 aromatic heterocycles. The number of nitrogens with two attached hydrogens (primary N) is 1. The largest absolute Gasteiger partial charge is 0.478 e. The highest BCUT2D eigenvalue weighted by atomic mass is 19.4. The van der Waals surface area contributed by atoms with Gasteiger partial charge in [-0.1, -0.05) is 36.4 Å². The molecule has 43 heavy (non-hydrogen) atoms. The molecule has 0 saturated carbocycles. The number of rotatable bonds is 7. The Morgan fingerprint density at radius 3 is 1.49 bits per heavy atom. The molecule has 0 atom stereocenters. The molecule has 0 aliphatic rings. The van der Waals surface area contributed by atoms with E-state index in [1.807, 2.05) is 0 Å². The summed E-state index contributed by atoms with van der Waals surface area (Å²) in [6, 6.07) is 15.3. The fourth-order valence-corrected chi connectivity index (χ4v) is 3.36. The van der Waals surface area contributed by atoms with E-state index in [0.717, 1.165) is 6.20 Å². The summed E-state index contributed by atoms with van der Waals surface area (Å²) in [5, 5.41) is 34.4. The van der Waals surface area contributed by atoms with Crippen molar-refractivity contribution in [3.8, 4) is 11.4 Å². The summed E-state index contributed by atoms with van der Waals surface area (Å²) < 4.78 is 79.5. The van der Waals surface area contributed by atoms with Crippen molar-refractivity contribution in [2.75, 3.05) is 26.3 Å². The number of hydrogen-bond donors (Lipinski definition) is 5. The van der Waals surface area contributed by atoms with Crippen LogP contribution in [0.25, 0.3) is 11.4 Å². The van der Waals surface area contributed by atoms with E-state index in [9.17, 15) is 35.9 Å². The van der Waals surface area contributed by atoms with Gasteiger partial charge >= 0.3 is 18.3 Å². The number of alkyl halides is 6. The Bertz CT molecular complexity index is 1450. The van der Waals surface area contributed by atoms with E-state index in [2.05, 4.69) is 15.5 Å². The standard InChI is InChI=1S/C13H12F3N3O2.C11H7F3N2O2.C2H7NO/c14-13(15,16)11-10(12(21)17-6-7-20)8-18-19(11)9-4-2-1-3-5-9;12-11(13,14)9-8(10(17)18)6-15-16(9)7-4-2-1-3-5-7;3-1-2-4/h1-5,8,20H,6-7H2,(H,17,21);1-6H,(H,17,18);4H,1-3H2. The fraction of sp³-hybridized carbons (Fsp3) is 0.231. The minimum Gasteiger partial charge on any atom is -0.478 e. The van der Waals surface area contributed by atoms with Crippen LogP contribution in [0.1, 0.15) is 32.1 Å².